The summed E-state index contributed by atoms with van der Waals surface area (Å²) >= 11 is 6.00. The van der Waals surface area contributed by atoms with Crippen LogP contribution < -0.4 is 10.1 Å². The van der Waals surface area contributed by atoms with E-state index in [2.05, 4.69) is 58.7 Å². The van der Waals surface area contributed by atoms with E-state index in [0.717, 1.165) is 47.6 Å². The normalized spacial score (nSPS) is 14.2. The monoisotopic (exact) mass is 560 g/mol. The number of hydrogen-bond acceptors (Lipinski definition) is 3. The van der Waals surface area contributed by atoms with E-state index >= 15 is 0 Å². The van der Waals surface area contributed by atoms with E-state index in [-0.39, 0.29) is 5.91 Å². The highest BCUT2D eigenvalue weighted by Gasteiger charge is 2.21. The number of likely N-dealkylation sites (tertiary alicyclic amines) is 1. The predicted molar refractivity (Wildman–Crippen MR) is 169 cm³/mol. The van der Waals surface area contributed by atoms with Gasteiger partial charge in [-0.3, -0.25) is 9.69 Å². The maximum Gasteiger partial charge on any atom is 0.255 e. The van der Waals surface area contributed by atoms with Crippen LogP contribution in [-0.2, 0) is 6.54 Å². The number of ether oxygens (including phenoxy) is 1. The summed E-state index contributed by atoms with van der Waals surface area (Å²) in [6.07, 6.45) is 2.35. The van der Waals surface area contributed by atoms with Gasteiger partial charge in [-0.15, -0.1) is 0 Å². The highest BCUT2D eigenvalue weighted by atomic mass is 35.5. The highest BCUT2D eigenvalue weighted by molar-refractivity contribution is 6.30. The van der Waals surface area contributed by atoms with E-state index in [1.165, 1.54) is 29.4 Å². The molecular weight excluding hydrogens is 528 g/mol. The van der Waals surface area contributed by atoms with Crippen molar-refractivity contribution in [2.24, 2.45) is 0 Å². The van der Waals surface area contributed by atoms with Gasteiger partial charge in [0.25, 0.3) is 5.91 Å². The Morgan fingerprint density at radius 1 is 0.805 bits per heavy atom. The van der Waals surface area contributed by atoms with Gasteiger partial charge in [0.2, 0.25) is 0 Å². The van der Waals surface area contributed by atoms with Crippen molar-refractivity contribution in [3.05, 3.63) is 131 Å². The second kappa shape index (κ2) is 12.2. The molecule has 0 aromatic heterocycles. The number of anilines is 1. The number of nitrogens with zero attached hydrogens (tertiary/aromatic N) is 1. The molecule has 5 aromatic carbocycles. The first-order valence-corrected chi connectivity index (χ1v) is 14.5. The van der Waals surface area contributed by atoms with Crippen molar-refractivity contribution >= 4 is 34.0 Å². The molecule has 1 heterocycles. The van der Waals surface area contributed by atoms with Gasteiger partial charge >= 0.3 is 0 Å². The minimum absolute atomic E-state index is 0.123. The summed E-state index contributed by atoms with van der Waals surface area (Å²) in [4.78, 5) is 15.5. The summed E-state index contributed by atoms with van der Waals surface area (Å²) in [6.45, 7) is 3.15. The van der Waals surface area contributed by atoms with Crippen molar-refractivity contribution in [2.75, 3.05) is 25.5 Å². The molecule has 1 aliphatic heterocycles. The largest absolute Gasteiger partial charge is 0.497 e. The van der Waals surface area contributed by atoms with Gasteiger partial charge < -0.3 is 10.1 Å². The van der Waals surface area contributed by atoms with Crippen LogP contribution in [0.5, 0.6) is 5.75 Å². The first-order chi connectivity index (χ1) is 20.0. The fourth-order valence-electron chi connectivity index (χ4n) is 5.69. The summed E-state index contributed by atoms with van der Waals surface area (Å²) in [5.74, 6) is 1.41. The van der Waals surface area contributed by atoms with Crippen LogP contribution in [0.1, 0.15) is 40.2 Å². The van der Waals surface area contributed by atoms with Crippen molar-refractivity contribution in [2.45, 2.75) is 25.3 Å². The van der Waals surface area contributed by atoms with Gasteiger partial charge in [-0.05, 0) is 119 Å². The summed E-state index contributed by atoms with van der Waals surface area (Å²) in [5, 5.41) is 6.05. The van der Waals surface area contributed by atoms with E-state index in [9.17, 15) is 4.79 Å². The Hall–Kier alpha value is -4.12. The fourth-order valence-corrected chi connectivity index (χ4v) is 5.82. The van der Waals surface area contributed by atoms with Crippen molar-refractivity contribution < 1.29 is 9.53 Å². The number of benzene rings is 5. The Kier molecular flexibility index (Phi) is 8.04. The van der Waals surface area contributed by atoms with E-state index in [0.29, 0.717) is 16.5 Å². The summed E-state index contributed by atoms with van der Waals surface area (Å²) in [7, 11) is 1.71. The zero-order valence-electron chi connectivity index (χ0n) is 23.1. The molecule has 0 aliphatic carbocycles. The van der Waals surface area contributed by atoms with Crippen LogP contribution in [0.15, 0.2) is 109 Å². The third-order valence-electron chi connectivity index (χ3n) is 8.07. The summed E-state index contributed by atoms with van der Waals surface area (Å²) in [6, 6.07) is 36.6. The van der Waals surface area contributed by atoms with Gasteiger partial charge in [0.15, 0.2) is 0 Å². The number of hydrogen-bond donors (Lipinski definition) is 1. The second-order valence-electron chi connectivity index (χ2n) is 10.8. The van der Waals surface area contributed by atoms with E-state index in [4.69, 9.17) is 16.3 Å². The summed E-state index contributed by atoms with van der Waals surface area (Å²) in [5.41, 5.74) is 6.24. The highest BCUT2D eigenvalue weighted by Crippen LogP contribution is 2.30. The van der Waals surface area contributed by atoms with E-state index in [1.54, 1.807) is 7.11 Å². The molecule has 0 spiro atoms. The van der Waals surface area contributed by atoms with Gasteiger partial charge in [0, 0.05) is 22.8 Å². The van der Waals surface area contributed by atoms with E-state index < -0.39 is 0 Å². The standard InChI is InChI=1S/C36H33ClN2O2/c1-41-35-16-11-28(12-17-35)29-18-20-39(21-19-29)24-25-2-3-32-23-34(15-10-31(32)22-25)38-36(40)30-6-4-26(5-7-30)27-8-13-33(37)14-9-27/h2-17,22-23,29H,18-21,24H2,1H3,(H,38,40). The average molecular weight is 561 g/mol. The quantitative estimate of drug-likeness (QED) is 0.216. The number of rotatable bonds is 7. The predicted octanol–water partition coefficient (Wildman–Crippen LogP) is 8.80. The van der Waals surface area contributed by atoms with Gasteiger partial charge in [0.1, 0.15) is 5.75 Å². The molecule has 0 saturated carbocycles. The number of fused-ring (bicyclic) bond motifs is 1. The number of carbonyl (C=O) groups is 1. The first-order valence-electron chi connectivity index (χ1n) is 14.1. The van der Waals surface area contributed by atoms with Crippen LogP contribution >= 0.6 is 11.6 Å². The minimum atomic E-state index is -0.123. The van der Waals surface area contributed by atoms with Crippen molar-refractivity contribution in [1.82, 2.24) is 4.90 Å². The molecule has 0 unspecified atom stereocenters. The van der Waals surface area contributed by atoms with Crippen LogP contribution in [0.3, 0.4) is 0 Å². The smallest absolute Gasteiger partial charge is 0.255 e. The van der Waals surface area contributed by atoms with Gasteiger partial charge in [-0.25, -0.2) is 0 Å². The van der Waals surface area contributed by atoms with Crippen LogP contribution in [0.2, 0.25) is 5.02 Å². The third-order valence-corrected chi connectivity index (χ3v) is 8.32. The Labute approximate surface area is 246 Å². The number of piperidine rings is 1. The first kappa shape index (κ1) is 27.1. The van der Waals surface area contributed by atoms with Crippen molar-refractivity contribution in [3.8, 4) is 16.9 Å². The molecule has 5 heteroatoms. The molecule has 0 radical (unpaired) electrons. The summed E-state index contributed by atoms with van der Waals surface area (Å²) < 4.78 is 5.30. The topological polar surface area (TPSA) is 41.6 Å². The van der Waals surface area contributed by atoms with Gasteiger partial charge in [-0.2, -0.15) is 0 Å². The van der Waals surface area contributed by atoms with Crippen molar-refractivity contribution in [3.63, 3.8) is 0 Å². The van der Waals surface area contributed by atoms with Crippen molar-refractivity contribution in [1.29, 1.82) is 0 Å². The second-order valence-corrected chi connectivity index (χ2v) is 11.2. The molecule has 1 aliphatic rings. The molecule has 1 saturated heterocycles. The Bertz CT molecular complexity index is 1640. The maximum atomic E-state index is 12.9. The molecule has 41 heavy (non-hydrogen) atoms. The van der Waals surface area contributed by atoms with Crippen LogP contribution in [-0.4, -0.2) is 31.0 Å². The van der Waals surface area contributed by atoms with Crippen LogP contribution in [0, 0.1) is 0 Å². The van der Waals surface area contributed by atoms with E-state index in [1.807, 2.05) is 60.7 Å². The molecule has 6 rings (SSSR count). The molecule has 5 aromatic rings. The molecule has 1 amide bonds. The van der Waals surface area contributed by atoms with Gasteiger partial charge in [-0.1, -0.05) is 66.2 Å². The number of nitrogens with one attached hydrogen (secondary N) is 1. The minimum Gasteiger partial charge on any atom is -0.497 e. The lowest BCUT2D eigenvalue weighted by atomic mass is 9.89. The lowest BCUT2D eigenvalue weighted by Gasteiger charge is -2.32. The zero-order valence-corrected chi connectivity index (χ0v) is 23.9. The molecule has 206 valence electrons. The fraction of sp³-hybridized carbons (Fsp3) is 0.194. The molecule has 0 atom stereocenters. The SMILES string of the molecule is COc1ccc(C2CCN(Cc3ccc4cc(NC(=O)c5ccc(-c6ccc(Cl)cc6)cc5)ccc4c3)CC2)cc1. The molecule has 1 fully saturated rings. The number of carbonyl (C=O) groups excluding carboxylic acids is 1. The Balaban J connectivity index is 1.05. The lowest BCUT2D eigenvalue weighted by Crippen LogP contribution is -2.32. The zero-order chi connectivity index (χ0) is 28.2. The molecule has 4 nitrogen and oxygen atoms in total. The molecular formula is C36H33ClN2O2. The maximum absolute atomic E-state index is 12.9. The number of methoxy groups -OCH3 is 1. The van der Waals surface area contributed by atoms with Gasteiger partial charge in [0.05, 0.1) is 7.11 Å². The third kappa shape index (κ3) is 6.45. The molecule has 1 N–H and O–H groups in total. The Morgan fingerprint density at radius 2 is 1.44 bits per heavy atom. The molecule has 0 bridgehead atoms. The number of amides is 1. The lowest BCUT2D eigenvalue weighted by molar-refractivity contribution is 0.102. The Morgan fingerprint density at radius 3 is 2.12 bits per heavy atom. The average Bonchev–Trinajstić information content (AvgIpc) is 3.02. The van der Waals surface area contributed by atoms with Crippen LogP contribution in [0.25, 0.3) is 21.9 Å². The van der Waals surface area contributed by atoms with Crippen LogP contribution in [0.4, 0.5) is 5.69 Å². The number of halogens is 1.